The summed E-state index contributed by atoms with van der Waals surface area (Å²) in [7, 11) is 1.15. The van der Waals surface area contributed by atoms with Crippen molar-refractivity contribution in [3.05, 3.63) is 109 Å². The molecule has 412 valence electrons. The standard InChI is InChI=1S/C62H106NO8P/c1-6-8-10-12-14-16-18-20-22-24-26-28-29-30-31-32-33-35-37-39-41-43-45-47-49-51-53-55-62(65)71-60(59-70-72(66,67)69-57-56-63(3,4)5)58-68-61(64)54-52-50-48-46-44-42-40-38-36-34-27-25-23-21-19-17-15-13-11-9-7-2/h8-11,14-17,20-23,26-28,30-31,34,60H,6-7,12-13,18-19,24-25,29,32-33,35-59H2,1-5H3/b10-8-,11-9-,16-14-,17-15-,22-20-,23-21-,28-26-,31-30-,34-27-. The summed E-state index contributed by atoms with van der Waals surface area (Å²) in [5, 5.41) is 0. The summed E-state index contributed by atoms with van der Waals surface area (Å²) in [5.41, 5.74) is 0. The Kier molecular flexibility index (Phi) is 50.1. The van der Waals surface area contributed by atoms with Crippen LogP contribution in [0.2, 0.25) is 0 Å². The van der Waals surface area contributed by atoms with Crippen molar-refractivity contribution in [1.29, 1.82) is 0 Å². The predicted molar refractivity (Wildman–Crippen MR) is 305 cm³/mol. The molecule has 0 radical (unpaired) electrons. The molecule has 0 amide bonds. The first kappa shape index (κ1) is 68.7. The molecule has 0 rings (SSSR count). The van der Waals surface area contributed by atoms with Crippen molar-refractivity contribution >= 4 is 19.8 Å². The maximum Gasteiger partial charge on any atom is 0.306 e. The zero-order valence-electron chi connectivity index (χ0n) is 46.6. The second-order valence-corrected chi connectivity index (χ2v) is 21.3. The number of ether oxygens (including phenoxy) is 2. The van der Waals surface area contributed by atoms with Crippen LogP contribution in [0.4, 0.5) is 0 Å². The first-order chi connectivity index (χ1) is 35.0. The zero-order valence-corrected chi connectivity index (χ0v) is 47.5. The molecular weight excluding hydrogens is 918 g/mol. The minimum absolute atomic E-state index is 0.0383. The average Bonchev–Trinajstić information content (AvgIpc) is 3.34. The van der Waals surface area contributed by atoms with Gasteiger partial charge >= 0.3 is 11.9 Å². The van der Waals surface area contributed by atoms with Gasteiger partial charge < -0.3 is 27.9 Å². The van der Waals surface area contributed by atoms with Crippen molar-refractivity contribution < 1.29 is 42.1 Å². The Balaban J connectivity index is 4.21. The van der Waals surface area contributed by atoms with E-state index in [1.54, 1.807) is 0 Å². The molecule has 0 spiro atoms. The van der Waals surface area contributed by atoms with Gasteiger partial charge in [0.2, 0.25) is 0 Å². The van der Waals surface area contributed by atoms with Crippen LogP contribution in [0.5, 0.6) is 0 Å². The number of allylic oxidation sites excluding steroid dienone is 18. The summed E-state index contributed by atoms with van der Waals surface area (Å²) in [4.78, 5) is 37.9. The molecule has 0 saturated heterocycles. The summed E-state index contributed by atoms with van der Waals surface area (Å²) in [5.74, 6) is -0.851. The van der Waals surface area contributed by atoms with Gasteiger partial charge in [0, 0.05) is 12.8 Å². The van der Waals surface area contributed by atoms with Crippen LogP contribution in [0.25, 0.3) is 0 Å². The fraction of sp³-hybridized carbons (Fsp3) is 0.677. The van der Waals surface area contributed by atoms with Gasteiger partial charge in [-0.05, 0) is 96.3 Å². The highest BCUT2D eigenvalue weighted by Crippen LogP contribution is 2.38. The second-order valence-electron chi connectivity index (χ2n) is 19.9. The smallest absolute Gasteiger partial charge is 0.306 e. The van der Waals surface area contributed by atoms with Crippen LogP contribution >= 0.6 is 7.82 Å². The molecule has 72 heavy (non-hydrogen) atoms. The maximum absolute atomic E-state index is 12.8. The van der Waals surface area contributed by atoms with Crippen LogP contribution in [-0.2, 0) is 32.7 Å². The SMILES string of the molecule is CC/C=C\C/C=C\C/C=C\C/C=C\C/C=C\CCCCCCCCCCCCCC(=O)OC(COC(=O)CCCCCCCCCC/C=C\C/C=C\C/C=C\C/C=C\CC)COP(=O)([O-])OCC[N+](C)(C)C. The predicted octanol–water partition coefficient (Wildman–Crippen LogP) is 17.2. The van der Waals surface area contributed by atoms with Crippen LogP contribution in [-0.4, -0.2) is 70.0 Å². The monoisotopic (exact) mass is 1020 g/mol. The van der Waals surface area contributed by atoms with E-state index in [2.05, 4.69) is 123 Å². The molecule has 2 atom stereocenters. The highest BCUT2D eigenvalue weighted by molar-refractivity contribution is 7.45. The Morgan fingerprint density at radius 2 is 0.750 bits per heavy atom. The number of unbranched alkanes of at least 4 members (excludes halogenated alkanes) is 19. The van der Waals surface area contributed by atoms with Gasteiger partial charge in [0.1, 0.15) is 19.8 Å². The number of likely N-dealkylation sites (N-methyl/N-ethyl adjacent to an activating group) is 1. The number of quaternary nitrogens is 1. The summed E-state index contributed by atoms with van der Waals surface area (Å²) >= 11 is 0. The zero-order chi connectivity index (χ0) is 52.7. The lowest BCUT2D eigenvalue weighted by Crippen LogP contribution is -2.37. The Morgan fingerprint density at radius 3 is 1.11 bits per heavy atom. The van der Waals surface area contributed by atoms with Crippen LogP contribution in [0.3, 0.4) is 0 Å². The molecule has 0 aliphatic carbocycles. The summed E-state index contributed by atoms with van der Waals surface area (Å²) in [6.07, 6.45) is 72.7. The minimum Gasteiger partial charge on any atom is -0.756 e. The largest absolute Gasteiger partial charge is 0.756 e. The van der Waals surface area contributed by atoms with E-state index >= 15 is 0 Å². The van der Waals surface area contributed by atoms with Gasteiger partial charge in [-0.15, -0.1) is 0 Å². The molecule has 0 bridgehead atoms. The van der Waals surface area contributed by atoms with Crippen molar-refractivity contribution in [2.45, 2.75) is 225 Å². The maximum atomic E-state index is 12.8. The van der Waals surface area contributed by atoms with Gasteiger partial charge in [0.25, 0.3) is 7.82 Å². The van der Waals surface area contributed by atoms with Crippen molar-refractivity contribution in [3.63, 3.8) is 0 Å². The van der Waals surface area contributed by atoms with E-state index in [-0.39, 0.29) is 26.1 Å². The third kappa shape index (κ3) is 56.0. The lowest BCUT2D eigenvalue weighted by atomic mass is 10.0. The highest BCUT2D eigenvalue weighted by atomic mass is 31.2. The van der Waals surface area contributed by atoms with E-state index < -0.39 is 32.5 Å². The van der Waals surface area contributed by atoms with Gasteiger partial charge in [-0.2, -0.15) is 0 Å². The molecule has 0 aliphatic rings. The summed E-state index contributed by atoms with van der Waals surface area (Å²) in [6, 6.07) is 0. The first-order valence-electron chi connectivity index (χ1n) is 28.6. The molecule has 0 saturated carbocycles. The van der Waals surface area contributed by atoms with Gasteiger partial charge in [-0.3, -0.25) is 14.2 Å². The van der Waals surface area contributed by atoms with Gasteiger partial charge in [-0.25, -0.2) is 0 Å². The highest BCUT2D eigenvalue weighted by Gasteiger charge is 2.21. The number of rotatable bonds is 51. The van der Waals surface area contributed by atoms with Gasteiger partial charge in [-0.1, -0.05) is 220 Å². The molecule has 0 aromatic carbocycles. The molecule has 9 nitrogen and oxygen atoms in total. The van der Waals surface area contributed by atoms with Gasteiger partial charge in [0.15, 0.2) is 6.10 Å². The fourth-order valence-corrected chi connectivity index (χ4v) is 8.17. The Hall–Kier alpha value is -3.33. The number of hydrogen-bond donors (Lipinski definition) is 0. The number of esters is 2. The number of hydrogen-bond acceptors (Lipinski definition) is 8. The van der Waals surface area contributed by atoms with E-state index in [4.69, 9.17) is 18.5 Å². The van der Waals surface area contributed by atoms with Crippen LogP contribution in [0.1, 0.15) is 219 Å². The molecule has 10 heteroatoms. The van der Waals surface area contributed by atoms with Crippen molar-refractivity contribution in [1.82, 2.24) is 0 Å². The number of carbonyl (C=O) groups excluding carboxylic acids is 2. The van der Waals surface area contributed by atoms with Crippen LogP contribution in [0.15, 0.2) is 109 Å². The van der Waals surface area contributed by atoms with Crippen LogP contribution in [0, 0.1) is 0 Å². The Labute approximate surface area is 442 Å². The fourth-order valence-electron chi connectivity index (χ4n) is 7.44. The summed E-state index contributed by atoms with van der Waals surface area (Å²) < 4.78 is 34.2. The van der Waals surface area contributed by atoms with E-state index in [0.29, 0.717) is 23.9 Å². The second kappa shape index (κ2) is 52.5. The number of nitrogens with zero attached hydrogens (tertiary/aromatic N) is 1. The molecule has 0 aromatic heterocycles. The third-order valence-corrected chi connectivity index (χ3v) is 12.8. The average molecular weight is 1020 g/mol. The normalized spacial score (nSPS) is 14.1. The quantitative estimate of drug-likeness (QED) is 0.0195. The molecule has 0 fully saturated rings. The minimum atomic E-state index is -4.65. The van der Waals surface area contributed by atoms with Crippen molar-refractivity contribution in [2.24, 2.45) is 0 Å². The lowest BCUT2D eigenvalue weighted by Gasteiger charge is -2.28. The topological polar surface area (TPSA) is 111 Å². The number of phosphoric ester groups is 1. The van der Waals surface area contributed by atoms with Crippen LogP contribution < -0.4 is 4.89 Å². The number of carbonyl (C=O) groups is 2. The lowest BCUT2D eigenvalue weighted by molar-refractivity contribution is -0.870. The summed E-state index contributed by atoms with van der Waals surface area (Å²) in [6.45, 7) is 3.99. The van der Waals surface area contributed by atoms with Crippen molar-refractivity contribution in [2.75, 3.05) is 47.5 Å². The molecule has 0 N–H and O–H groups in total. The third-order valence-electron chi connectivity index (χ3n) is 11.8. The van der Waals surface area contributed by atoms with E-state index in [9.17, 15) is 19.0 Å². The molecular formula is C62H106NO8P. The van der Waals surface area contributed by atoms with E-state index in [1.165, 1.54) is 70.6 Å². The Morgan fingerprint density at radius 1 is 0.431 bits per heavy atom. The first-order valence-corrected chi connectivity index (χ1v) is 30.1. The molecule has 0 aliphatic heterocycles. The van der Waals surface area contributed by atoms with E-state index in [0.717, 1.165) is 109 Å². The molecule has 0 aromatic rings. The van der Waals surface area contributed by atoms with E-state index in [1.807, 2.05) is 21.1 Å². The Bertz CT molecular complexity index is 1580. The van der Waals surface area contributed by atoms with Gasteiger partial charge in [0.05, 0.1) is 27.7 Å². The molecule has 2 unspecified atom stereocenters. The molecule has 0 heterocycles. The van der Waals surface area contributed by atoms with Crippen molar-refractivity contribution in [3.8, 4) is 0 Å². The number of phosphoric acid groups is 1.